The second-order valence-electron chi connectivity index (χ2n) is 3.84. The monoisotopic (exact) mass is 266 g/mol. The lowest BCUT2D eigenvalue weighted by atomic mass is 10.3. The van der Waals surface area contributed by atoms with Gasteiger partial charge in [-0.2, -0.15) is 13.2 Å². The van der Waals surface area contributed by atoms with Crippen LogP contribution in [0.3, 0.4) is 0 Å². The number of hydrogen-bond donors (Lipinski definition) is 0. The third-order valence-corrected chi connectivity index (χ3v) is 4.99. The van der Waals surface area contributed by atoms with Gasteiger partial charge < -0.3 is 0 Å². The zero-order valence-electron chi connectivity index (χ0n) is 9.60. The highest BCUT2D eigenvalue weighted by Gasteiger charge is 2.32. The van der Waals surface area contributed by atoms with E-state index in [1.807, 2.05) is 6.92 Å². The molecule has 5 heteroatoms. The molecular weight excluding hydrogens is 251 g/mol. The van der Waals surface area contributed by atoms with Crippen molar-refractivity contribution < 1.29 is 17.6 Å². The molecule has 0 radical (unpaired) electrons. The molecule has 0 saturated heterocycles. The van der Waals surface area contributed by atoms with Crippen molar-refractivity contribution in [2.24, 2.45) is 0 Å². The average molecular weight is 266 g/mol. The van der Waals surface area contributed by atoms with E-state index in [4.69, 9.17) is 0 Å². The lowest BCUT2D eigenvalue weighted by Gasteiger charge is -2.20. The first-order chi connectivity index (χ1) is 7.94. The van der Waals surface area contributed by atoms with Crippen LogP contribution in [-0.4, -0.2) is 18.5 Å². The van der Waals surface area contributed by atoms with Gasteiger partial charge in [0.05, 0.1) is 6.16 Å². The molecule has 0 saturated carbocycles. The Morgan fingerprint density at radius 1 is 1.18 bits per heavy atom. The Balaban J connectivity index is 2.86. The molecule has 0 aromatic heterocycles. The molecule has 1 atom stereocenters. The van der Waals surface area contributed by atoms with Crippen molar-refractivity contribution in [1.82, 2.24) is 0 Å². The molecule has 0 N–H and O–H groups in total. The Morgan fingerprint density at radius 2 is 1.82 bits per heavy atom. The molecule has 1 aromatic rings. The normalized spacial score (nSPS) is 13.7. The average Bonchev–Trinajstić information content (AvgIpc) is 2.23. The minimum absolute atomic E-state index is 0.244. The van der Waals surface area contributed by atoms with Crippen molar-refractivity contribution in [2.45, 2.75) is 25.9 Å². The third-order valence-electron chi connectivity index (χ3n) is 2.34. The van der Waals surface area contributed by atoms with Crippen molar-refractivity contribution in [1.29, 1.82) is 0 Å². The minimum Gasteiger partial charge on any atom is -0.206 e. The summed E-state index contributed by atoms with van der Waals surface area (Å²) in [6.45, 7) is 1.92. The van der Waals surface area contributed by atoms with E-state index in [2.05, 4.69) is 0 Å². The van der Waals surface area contributed by atoms with Crippen LogP contribution in [0, 0.1) is 5.82 Å². The fourth-order valence-corrected chi connectivity index (χ4v) is 3.93. The Labute approximate surface area is 99.8 Å². The molecule has 0 amide bonds. The van der Waals surface area contributed by atoms with Gasteiger partial charge in [-0.1, -0.05) is 39.5 Å². The highest BCUT2D eigenvalue weighted by atomic mass is 31.1. The molecule has 0 aliphatic carbocycles. The standard InChI is InChI=1S/C12H15F4P/c1-2-3-8-17(9-12(14,15)16)11-7-5-4-6-10(11)13/h4-7H,2-3,8-9H2,1H3. The third kappa shape index (κ3) is 5.03. The van der Waals surface area contributed by atoms with E-state index in [9.17, 15) is 17.6 Å². The Kier molecular flexibility index (Phi) is 5.38. The van der Waals surface area contributed by atoms with E-state index >= 15 is 0 Å². The van der Waals surface area contributed by atoms with Crippen LogP contribution in [0.2, 0.25) is 0 Å². The largest absolute Gasteiger partial charge is 0.393 e. The molecule has 0 fully saturated rings. The Bertz CT molecular complexity index is 349. The van der Waals surface area contributed by atoms with Gasteiger partial charge in [0.15, 0.2) is 0 Å². The number of unbranched alkanes of at least 4 members (excludes halogenated alkanes) is 1. The fourth-order valence-electron chi connectivity index (χ4n) is 1.56. The first kappa shape index (κ1) is 14.4. The molecule has 0 spiro atoms. The minimum atomic E-state index is -4.22. The molecule has 1 aromatic carbocycles. The predicted octanol–water partition coefficient (Wildman–Crippen LogP) is 4.30. The highest BCUT2D eigenvalue weighted by molar-refractivity contribution is 7.65. The number of rotatable bonds is 5. The zero-order chi connectivity index (χ0) is 12.9. The van der Waals surface area contributed by atoms with Crippen LogP contribution < -0.4 is 5.30 Å². The van der Waals surface area contributed by atoms with E-state index in [1.54, 1.807) is 6.07 Å². The quantitative estimate of drug-likeness (QED) is 0.550. The maximum absolute atomic E-state index is 13.5. The second kappa shape index (κ2) is 6.34. The maximum atomic E-state index is 13.5. The van der Waals surface area contributed by atoms with Crippen molar-refractivity contribution in [3.05, 3.63) is 30.1 Å². The summed E-state index contributed by atoms with van der Waals surface area (Å²) in [5.41, 5.74) is 0. The van der Waals surface area contributed by atoms with Crippen LogP contribution >= 0.6 is 7.92 Å². The Morgan fingerprint density at radius 3 is 2.35 bits per heavy atom. The van der Waals surface area contributed by atoms with E-state index < -0.39 is 26.1 Å². The summed E-state index contributed by atoms with van der Waals surface area (Å²) in [5, 5.41) is 0.244. The van der Waals surface area contributed by atoms with Gasteiger partial charge in [0.2, 0.25) is 0 Å². The first-order valence-electron chi connectivity index (χ1n) is 5.50. The summed E-state index contributed by atoms with van der Waals surface area (Å²) in [7, 11) is -1.47. The molecule has 0 heterocycles. The molecule has 0 aliphatic heterocycles. The SMILES string of the molecule is CCCCP(CC(F)(F)F)c1ccccc1F. The number of alkyl halides is 3. The topological polar surface area (TPSA) is 0 Å². The number of halogens is 4. The van der Waals surface area contributed by atoms with Crippen molar-refractivity contribution >= 4 is 13.2 Å². The molecule has 0 nitrogen and oxygen atoms in total. The molecule has 0 bridgehead atoms. The van der Waals surface area contributed by atoms with Crippen LogP contribution in [0.4, 0.5) is 17.6 Å². The molecule has 0 aliphatic rings. The fraction of sp³-hybridized carbons (Fsp3) is 0.500. The van der Waals surface area contributed by atoms with E-state index in [0.29, 0.717) is 12.6 Å². The first-order valence-corrected chi connectivity index (χ1v) is 7.21. The molecular formula is C12H15F4P. The maximum Gasteiger partial charge on any atom is 0.393 e. The van der Waals surface area contributed by atoms with Crippen LogP contribution in [0.5, 0.6) is 0 Å². The smallest absolute Gasteiger partial charge is 0.206 e. The second-order valence-corrected chi connectivity index (χ2v) is 6.17. The molecule has 17 heavy (non-hydrogen) atoms. The van der Waals surface area contributed by atoms with Gasteiger partial charge in [-0.05, 0) is 18.6 Å². The van der Waals surface area contributed by atoms with Gasteiger partial charge in [0, 0.05) is 5.30 Å². The van der Waals surface area contributed by atoms with E-state index in [-0.39, 0.29) is 5.30 Å². The summed E-state index contributed by atoms with van der Waals surface area (Å²) in [6, 6.07) is 5.80. The van der Waals surface area contributed by atoms with Gasteiger partial charge >= 0.3 is 6.18 Å². The van der Waals surface area contributed by atoms with Gasteiger partial charge in [-0.15, -0.1) is 0 Å². The highest BCUT2D eigenvalue weighted by Crippen LogP contribution is 2.41. The van der Waals surface area contributed by atoms with Gasteiger partial charge in [-0.25, -0.2) is 4.39 Å². The van der Waals surface area contributed by atoms with Crippen LogP contribution in [0.15, 0.2) is 24.3 Å². The lowest BCUT2D eigenvalue weighted by molar-refractivity contribution is -0.106. The summed E-state index contributed by atoms with van der Waals surface area (Å²) in [4.78, 5) is 0. The molecule has 1 rings (SSSR count). The predicted molar refractivity (Wildman–Crippen MR) is 63.7 cm³/mol. The summed E-state index contributed by atoms with van der Waals surface area (Å²) in [5.74, 6) is -0.515. The molecule has 96 valence electrons. The van der Waals surface area contributed by atoms with Gasteiger partial charge in [-0.3, -0.25) is 0 Å². The van der Waals surface area contributed by atoms with Crippen LogP contribution in [0.25, 0.3) is 0 Å². The van der Waals surface area contributed by atoms with E-state index in [0.717, 1.165) is 6.42 Å². The van der Waals surface area contributed by atoms with Gasteiger partial charge in [0.1, 0.15) is 5.82 Å². The molecule has 1 unspecified atom stereocenters. The summed E-state index contributed by atoms with van der Waals surface area (Å²) >= 11 is 0. The van der Waals surface area contributed by atoms with Crippen LogP contribution in [-0.2, 0) is 0 Å². The van der Waals surface area contributed by atoms with Gasteiger partial charge in [0.25, 0.3) is 0 Å². The van der Waals surface area contributed by atoms with Crippen LogP contribution in [0.1, 0.15) is 19.8 Å². The summed E-state index contributed by atoms with van der Waals surface area (Å²) < 4.78 is 50.8. The van der Waals surface area contributed by atoms with E-state index in [1.165, 1.54) is 18.2 Å². The van der Waals surface area contributed by atoms with Crippen molar-refractivity contribution in [2.75, 3.05) is 12.3 Å². The lowest BCUT2D eigenvalue weighted by Crippen LogP contribution is -2.20. The number of hydrogen-bond acceptors (Lipinski definition) is 0. The number of benzene rings is 1. The van der Waals surface area contributed by atoms with Crippen molar-refractivity contribution in [3.8, 4) is 0 Å². The summed E-state index contributed by atoms with van der Waals surface area (Å²) in [6.07, 6.45) is -3.14. The zero-order valence-corrected chi connectivity index (χ0v) is 10.5. The Hall–Kier alpha value is -0.630. The van der Waals surface area contributed by atoms with Crippen molar-refractivity contribution in [3.63, 3.8) is 0 Å².